The molecular formula is C16H22N2O6S. The third kappa shape index (κ3) is 5.71. The van der Waals surface area contributed by atoms with E-state index in [1.807, 2.05) is 0 Å². The van der Waals surface area contributed by atoms with E-state index in [9.17, 15) is 18.0 Å². The summed E-state index contributed by atoms with van der Waals surface area (Å²) >= 11 is 0. The number of benzene rings is 1. The van der Waals surface area contributed by atoms with Gasteiger partial charge in [-0.05, 0) is 44.0 Å². The van der Waals surface area contributed by atoms with Gasteiger partial charge in [0, 0.05) is 24.7 Å². The molecule has 138 valence electrons. The number of amides is 1. The van der Waals surface area contributed by atoms with Gasteiger partial charge < -0.3 is 14.8 Å². The fraction of sp³-hybridized carbons (Fsp3) is 0.500. The van der Waals surface area contributed by atoms with Crippen LogP contribution in [0.15, 0.2) is 24.3 Å². The number of carbonyl (C=O) groups is 2. The second-order valence-electron chi connectivity index (χ2n) is 5.72. The lowest BCUT2D eigenvalue weighted by atomic mass is 10.1. The quantitative estimate of drug-likeness (QED) is 0.620. The summed E-state index contributed by atoms with van der Waals surface area (Å²) in [6, 6.07) is 6.06. The Morgan fingerprint density at radius 3 is 2.32 bits per heavy atom. The molecule has 25 heavy (non-hydrogen) atoms. The number of rotatable bonds is 5. The fourth-order valence-electron chi connectivity index (χ4n) is 2.52. The molecule has 0 atom stereocenters. The number of nitrogens with one attached hydrogen (secondary N) is 1. The van der Waals surface area contributed by atoms with E-state index >= 15 is 0 Å². The van der Waals surface area contributed by atoms with Crippen molar-refractivity contribution >= 4 is 22.1 Å². The van der Waals surface area contributed by atoms with Crippen molar-refractivity contribution < 1.29 is 27.5 Å². The van der Waals surface area contributed by atoms with Gasteiger partial charge in [0.2, 0.25) is 10.0 Å². The number of nitrogens with zero attached hydrogens (tertiary/aromatic N) is 1. The van der Waals surface area contributed by atoms with Crippen LogP contribution in [-0.2, 0) is 14.8 Å². The standard InChI is InChI=1S/C16H22N2O6S/c1-3-23-16(20)24-14-6-4-12(5-7-14)15(19)17-13-8-10-18(11-9-13)25(2,21)22/h4-7,13H,3,8-11H2,1-2H3,(H,17,19). The number of hydrogen-bond donors (Lipinski definition) is 1. The lowest BCUT2D eigenvalue weighted by Gasteiger charge is -2.30. The molecule has 2 rings (SSSR count). The van der Waals surface area contributed by atoms with Gasteiger partial charge in [-0.1, -0.05) is 0 Å². The van der Waals surface area contributed by atoms with Crippen LogP contribution in [0.1, 0.15) is 30.1 Å². The van der Waals surface area contributed by atoms with Crippen LogP contribution in [0, 0.1) is 0 Å². The van der Waals surface area contributed by atoms with Gasteiger partial charge in [0.25, 0.3) is 5.91 Å². The zero-order valence-electron chi connectivity index (χ0n) is 14.2. The topological polar surface area (TPSA) is 102 Å². The molecule has 1 aromatic carbocycles. The lowest BCUT2D eigenvalue weighted by Crippen LogP contribution is -2.46. The summed E-state index contributed by atoms with van der Waals surface area (Å²) in [6.07, 6.45) is 1.54. The predicted molar refractivity (Wildman–Crippen MR) is 91.0 cm³/mol. The summed E-state index contributed by atoms with van der Waals surface area (Å²) in [6.45, 7) is 2.69. The highest BCUT2D eigenvalue weighted by atomic mass is 32.2. The first-order valence-corrected chi connectivity index (χ1v) is 9.85. The molecule has 1 fully saturated rings. The van der Waals surface area contributed by atoms with Crippen molar-refractivity contribution in [3.8, 4) is 5.75 Å². The average molecular weight is 370 g/mol. The summed E-state index contributed by atoms with van der Waals surface area (Å²) in [5.74, 6) is 0.0388. The van der Waals surface area contributed by atoms with Gasteiger partial charge in [-0.25, -0.2) is 17.5 Å². The normalized spacial score (nSPS) is 16.2. The zero-order valence-corrected chi connectivity index (χ0v) is 15.0. The number of piperidine rings is 1. The Hall–Kier alpha value is -2.13. The maximum atomic E-state index is 12.3. The fourth-order valence-corrected chi connectivity index (χ4v) is 3.39. The van der Waals surface area contributed by atoms with Crippen LogP contribution in [0.25, 0.3) is 0 Å². The molecule has 9 heteroatoms. The molecule has 1 aromatic rings. The summed E-state index contributed by atoms with van der Waals surface area (Å²) in [7, 11) is -3.18. The Balaban J connectivity index is 1.86. The van der Waals surface area contributed by atoms with Gasteiger partial charge >= 0.3 is 6.16 Å². The first-order valence-electron chi connectivity index (χ1n) is 8.00. The molecule has 1 saturated heterocycles. The molecule has 1 aliphatic heterocycles. The monoisotopic (exact) mass is 370 g/mol. The average Bonchev–Trinajstić information content (AvgIpc) is 2.55. The first-order chi connectivity index (χ1) is 11.8. The molecule has 0 spiro atoms. The van der Waals surface area contributed by atoms with Crippen LogP contribution in [0.3, 0.4) is 0 Å². The largest absolute Gasteiger partial charge is 0.513 e. The molecule has 1 aliphatic rings. The summed E-state index contributed by atoms with van der Waals surface area (Å²) in [4.78, 5) is 23.5. The van der Waals surface area contributed by atoms with E-state index in [0.717, 1.165) is 0 Å². The SMILES string of the molecule is CCOC(=O)Oc1ccc(C(=O)NC2CCN(S(C)(=O)=O)CC2)cc1. The molecule has 0 radical (unpaired) electrons. The molecule has 8 nitrogen and oxygen atoms in total. The van der Waals surface area contributed by atoms with Gasteiger partial charge in [0.15, 0.2) is 0 Å². The van der Waals surface area contributed by atoms with Crippen molar-refractivity contribution in [1.82, 2.24) is 9.62 Å². The van der Waals surface area contributed by atoms with Crippen LogP contribution in [0.2, 0.25) is 0 Å². The number of carbonyl (C=O) groups excluding carboxylic acids is 2. The number of sulfonamides is 1. The van der Waals surface area contributed by atoms with Crippen LogP contribution in [-0.4, -0.2) is 56.8 Å². The van der Waals surface area contributed by atoms with Crippen LogP contribution < -0.4 is 10.1 Å². The van der Waals surface area contributed by atoms with E-state index < -0.39 is 16.2 Å². The molecule has 0 bridgehead atoms. The Bertz CT molecular complexity index is 709. The highest BCUT2D eigenvalue weighted by Gasteiger charge is 2.25. The summed E-state index contributed by atoms with van der Waals surface area (Å²) in [5.41, 5.74) is 0.432. The zero-order chi connectivity index (χ0) is 18.4. The van der Waals surface area contributed by atoms with E-state index in [1.165, 1.54) is 22.7 Å². The van der Waals surface area contributed by atoms with Crippen molar-refractivity contribution in [3.05, 3.63) is 29.8 Å². The maximum Gasteiger partial charge on any atom is 0.513 e. The summed E-state index contributed by atoms with van der Waals surface area (Å²) in [5, 5.41) is 2.89. The molecule has 0 saturated carbocycles. The van der Waals surface area contributed by atoms with Gasteiger partial charge in [0.05, 0.1) is 12.9 Å². The minimum atomic E-state index is -3.18. The van der Waals surface area contributed by atoms with Crippen molar-refractivity contribution in [2.75, 3.05) is 26.0 Å². The third-order valence-corrected chi connectivity index (χ3v) is 5.14. The molecule has 0 aromatic heterocycles. The van der Waals surface area contributed by atoms with Crippen LogP contribution >= 0.6 is 0 Å². The van der Waals surface area contributed by atoms with E-state index in [1.54, 1.807) is 19.1 Å². The number of hydrogen-bond acceptors (Lipinski definition) is 6. The first kappa shape index (κ1) is 19.2. The Kier molecular flexibility index (Phi) is 6.38. The third-order valence-electron chi connectivity index (χ3n) is 3.84. The van der Waals surface area contributed by atoms with Crippen molar-refractivity contribution in [2.24, 2.45) is 0 Å². The lowest BCUT2D eigenvalue weighted by molar-refractivity contribution is 0.0924. The minimum Gasteiger partial charge on any atom is -0.434 e. The van der Waals surface area contributed by atoms with E-state index in [2.05, 4.69) is 10.1 Å². The van der Waals surface area contributed by atoms with Crippen molar-refractivity contribution in [1.29, 1.82) is 0 Å². The van der Waals surface area contributed by atoms with Gasteiger partial charge in [-0.3, -0.25) is 4.79 Å². The van der Waals surface area contributed by atoms with E-state index in [-0.39, 0.29) is 24.3 Å². The molecule has 0 unspecified atom stereocenters. The highest BCUT2D eigenvalue weighted by molar-refractivity contribution is 7.88. The second-order valence-corrected chi connectivity index (χ2v) is 7.70. The van der Waals surface area contributed by atoms with Crippen LogP contribution in [0.4, 0.5) is 4.79 Å². The minimum absolute atomic E-state index is 0.0686. The number of ether oxygens (including phenoxy) is 2. The molecule has 1 N–H and O–H groups in total. The van der Waals surface area contributed by atoms with Crippen molar-refractivity contribution in [2.45, 2.75) is 25.8 Å². The predicted octanol–water partition coefficient (Wildman–Crippen LogP) is 1.38. The summed E-state index contributed by atoms with van der Waals surface area (Å²) < 4.78 is 34.0. The Morgan fingerprint density at radius 2 is 1.80 bits per heavy atom. The maximum absolute atomic E-state index is 12.3. The van der Waals surface area contributed by atoms with Gasteiger partial charge in [-0.15, -0.1) is 0 Å². The Labute approximate surface area is 147 Å². The van der Waals surface area contributed by atoms with E-state index in [4.69, 9.17) is 4.74 Å². The van der Waals surface area contributed by atoms with E-state index in [0.29, 0.717) is 31.5 Å². The van der Waals surface area contributed by atoms with Crippen LogP contribution in [0.5, 0.6) is 5.75 Å². The Morgan fingerprint density at radius 1 is 1.20 bits per heavy atom. The molecule has 1 amide bonds. The molecule has 1 heterocycles. The smallest absolute Gasteiger partial charge is 0.434 e. The molecular weight excluding hydrogens is 348 g/mol. The highest BCUT2D eigenvalue weighted by Crippen LogP contribution is 2.16. The molecule has 0 aliphatic carbocycles. The van der Waals surface area contributed by atoms with Crippen molar-refractivity contribution in [3.63, 3.8) is 0 Å². The second kappa shape index (κ2) is 8.30. The van der Waals surface area contributed by atoms with Gasteiger partial charge in [-0.2, -0.15) is 0 Å². The van der Waals surface area contributed by atoms with Gasteiger partial charge in [0.1, 0.15) is 5.75 Å².